The number of carbonyl (C=O) groups is 1. The first kappa shape index (κ1) is 23.9. The highest BCUT2D eigenvalue weighted by Gasteiger charge is 2.41. The van der Waals surface area contributed by atoms with E-state index >= 15 is 0 Å². The number of nitrogens with zero attached hydrogens (tertiary/aromatic N) is 1. The Kier molecular flexibility index (Phi) is 8.04. The van der Waals surface area contributed by atoms with Crippen LogP contribution in [0.4, 0.5) is 5.69 Å². The van der Waals surface area contributed by atoms with Gasteiger partial charge in [-0.05, 0) is 74.8 Å². The maximum absolute atomic E-state index is 13.8. The van der Waals surface area contributed by atoms with Gasteiger partial charge in [0, 0.05) is 22.0 Å². The smallest absolute Gasteiger partial charge is 0.230 e. The summed E-state index contributed by atoms with van der Waals surface area (Å²) in [5, 5.41) is 0.523. The number of alkyl halides is 2. The average Bonchev–Trinajstić information content (AvgIpc) is 3.25. The summed E-state index contributed by atoms with van der Waals surface area (Å²) in [6, 6.07) is 16.0. The second kappa shape index (κ2) is 10.8. The van der Waals surface area contributed by atoms with Gasteiger partial charge in [-0.2, -0.15) is 0 Å². The first-order valence-electron chi connectivity index (χ1n) is 11.5. The summed E-state index contributed by atoms with van der Waals surface area (Å²) >= 11 is 19.1. The molecule has 2 aliphatic rings. The van der Waals surface area contributed by atoms with Crippen molar-refractivity contribution in [1.82, 2.24) is 0 Å². The molecule has 0 N–H and O–H groups in total. The van der Waals surface area contributed by atoms with Crippen LogP contribution in [0.25, 0.3) is 0 Å². The van der Waals surface area contributed by atoms with Crippen molar-refractivity contribution < 1.29 is 9.53 Å². The van der Waals surface area contributed by atoms with Crippen LogP contribution in [0, 0.1) is 12.8 Å². The number of carbonyl (C=O) groups excluding carboxylic acids is 1. The molecule has 32 heavy (non-hydrogen) atoms. The molecule has 0 heterocycles. The van der Waals surface area contributed by atoms with Gasteiger partial charge in [-0.15, -0.1) is 23.2 Å². The predicted octanol–water partition coefficient (Wildman–Crippen LogP) is 7.13. The van der Waals surface area contributed by atoms with Crippen LogP contribution in [0.2, 0.25) is 5.02 Å². The third kappa shape index (κ3) is 5.44. The summed E-state index contributed by atoms with van der Waals surface area (Å²) in [4.78, 5) is 15.8. The van der Waals surface area contributed by atoms with Crippen LogP contribution >= 0.6 is 34.8 Å². The van der Waals surface area contributed by atoms with Crippen molar-refractivity contribution in [3.8, 4) is 0 Å². The monoisotopic (exact) mass is 493 g/mol. The molecule has 0 saturated heterocycles. The normalized spacial score (nSPS) is 27.9. The van der Waals surface area contributed by atoms with Crippen LogP contribution in [0.3, 0.4) is 0 Å². The van der Waals surface area contributed by atoms with Gasteiger partial charge in [-0.25, -0.2) is 0 Å². The molecule has 2 aromatic carbocycles. The van der Waals surface area contributed by atoms with E-state index in [1.807, 2.05) is 54.3 Å². The molecule has 2 fully saturated rings. The Bertz CT molecular complexity index is 923. The molecule has 0 bridgehead atoms. The van der Waals surface area contributed by atoms with Gasteiger partial charge in [0.05, 0.1) is 24.1 Å². The van der Waals surface area contributed by atoms with Gasteiger partial charge >= 0.3 is 0 Å². The third-order valence-corrected chi connectivity index (χ3v) is 8.30. The predicted molar refractivity (Wildman–Crippen MR) is 133 cm³/mol. The Balaban J connectivity index is 1.53. The van der Waals surface area contributed by atoms with E-state index in [9.17, 15) is 4.79 Å². The summed E-state index contributed by atoms with van der Waals surface area (Å²) < 4.78 is 6.37. The number of para-hydroxylation sites is 1. The molecule has 0 spiro atoms. The van der Waals surface area contributed by atoms with Crippen LogP contribution in [-0.4, -0.2) is 28.8 Å². The second-order valence-corrected chi connectivity index (χ2v) is 10.5. The van der Waals surface area contributed by atoms with Crippen molar-refractivity contribution in [3.05, 3.63) is 64.7 Å². The summed E-state index contributed by atoms with van der Waals surface area (Å²) in [5.74, 6) is 0.0363. The van der Waals surface area contributed by atoms with Gasteiger partial charge in [0.15, 0.2) is 0 Å². The lowest BCUT2D eigenvalue weighted by Crippen LogP contribution is -2.49. The van der Waals surface area contributed by atoms with E-state index in [0.29, 0.717) is 13.0 Å². The van der Waals surface area contributed by atoms with Crippen molar-refractivity contribution in [3.63, 3.8) is 0 Å². The number of rotatable bonds is 6. The highest BCUT2D eigenvalue weighted by Crippen LogP contribution is 2.37. The van der Waals surface area contributed by atoms with Crippen LogP contribution in [-0.2, 0) is 16.1 Å². The summed E-state index contributed by atoms with van der Waals surface area (Å²) in [7, 11) is 0. The fourth-order valence-corrected chi connectivity index (χ4v) is 5.67. The van der Waals surface area contributed by atoms with Crippen LogP contribution in [0.1, 0.15) is 49.7 Å². The Morgan fingerprint density at radius 3 is 2.53 bits per heavy atom. The highest BCUT2D eigenvalue weighted by molar-refractivity contribution is 6.31. The number of benzene rings is 2. The zero-order valence-corrected chi connectivity index (χ0v) is 20.6. The van der Waals surface area contributed by atoms with Gasteiger partial charge in [-0.1, -0.05) is 41.9 Å². The van der Waals surface area contributed by atoms with Crippen molar-refractivity contribution in [2.75, 3.05) is 4.90 Å². The number of ether oxygens (including phenoxy) is 1. The molecule has 1 amide bonds. The molecule has 5 unspecified atom stereocenters. The number of hydrogen-bond acceptors (Lipinski definition) is 2. The number of halogens is 3. The van der Waals surface area contributed by atoms with Crippen LogP contribution in [0.15, 0.2) is 48.5 Å². The molecule has 2 aromatic rings. The number of hydrogen-bond donors (Lipinski definition) is 0. The lowest BCUT2D eigenvalue weighted by Gasteiger charge is -2.38. The number of amides is 1. The largest absolute Gasteiger partial charge is 0.371 e. The van der Waals surface area contributed by atoms with Gasteiger partial charge in [0.1, 0.15) is 0 Å². The molecular formula is C26H30Cl3NO2. The van der Waals surface area contributed by atoms with Crippen molar-refractivity contribution in [2.45, 2.75) is 75.0 Å². The first-order chi connectivity index (χ1) is 15.4. The summed E-state index contributed by atoms with van der Waals surface area (Å²) in [6.45, 7) is 2.48. The fraction of sp³-hybridized carbons (Fsp3) is 0.500. The average molecular weight is 495 g/mol. The molecule has 2 saturated carbocycles. The first-order valence-corrected chi connectivity index (χ1v) is 12.7. The standard InChI is InChI=1S/C26H30Cl3NO2/c1-17-10-11-18(14-22(17)28)16-32-25-9-5-8-24(25)30(20-6-3-2-4-7-20)26(31)19-12-13-21(27)23(29)15-19/h2-4,6-7,10-11,14,19,21,23-25H,5,8-9,12-13,15-16H2,1H3. The lowest BCUT2D eigenvalue weighted by molar-refractivity contribution is -0.124. The van der Waals surface area contributed by atoms with Gasteiger partial charge in [0.25, 0.3) is 0 Å². The maximum Gasteiger partial charge on any atom is 0.230 e. The van der Waals surface area contributed by atoms with E-state index in [1.165, 1.54) is 0 Å². The van der Waals surface area contributed by atoms with E-state index in [-0.39, 0.29) is 34.7 Å². The van der Waals surface area contributed by atoms with Crippen molar-refractivity contribution >= 4 is 46.4 Å². The SMILES string of the molecule is Cc1ccc(COC2CCCC2N(C(=O)C2CCC(Cl)C(Cl)C2)c2ccccc2)cc1Cl. The van der Waals surface area contributed by atoms with E-state index in [4.69, 9.17) is 39.5 Å². The second-order valence-electron chi connectivity index (χ2n) is 9.02. The molecule has 2 aliphatic carbocycles. The quantitative estimate of drug-likeness (QED) is 0.400. The third-order valence-electron chi connectivity index (χ3n) is 6.76. The van der Waals surface area contributed by atoms with Gasteiger partial charge in [-0.3, -0.25) is 4.79 Å². The maximum atomic E-state index is 13.8. The molecule has 0 aromatic heterocycles. The minimum Gasteiger partial charge on any atom is -0.371 e. The minimum atomic E-state index is -0.168. The molecule has 0 radical (unpaired) electrons. The molecule has 6 heteroatoms. The van der Waals surface area contributed by atoms with Crippen molar-refractivity contribution in [2.24, 2.45) is 5.92 Å². The Morgan fingerprint density at radius 2 is 1.81 bits per heavy atom. The zero-order chi connectivity index (χ0) is 22.7. The van der Waals surface area contributed by atoms with Crippen molar-refractivity contribution in [1.29, 1.82) is 0 Å². The summed E-state index contributed by atoms with van der Waals surface area (Å²) in [5.41, 5.74) is 3.03. The number of aryl methyl sites for hydroxylation is 1. The van der Waals surface area contributed by atoms with E-state index < -0.39 is 0 Å². The fourth-order valence-electron chi connectivity index (χ4n) is 4.90. The Hall–Kier alpha value is -1.26. The summed E-state index contributed by atoms with van der Waals surface area (Å²) in [6.07, 6.45) is 5.05. The molecule has 4 rings (SSSR count). The zero-order valence-electron chi connectivity index (χ0n) is 18.4. The van der Waals surface area contributed by atoms with Crippen LogP contribution in [0.5, 0.6) is 0 Å². The molecule has 0 aliphatic heterocycles. The Morgan fingerprint density at radius 1 is 1.03 bits per heavy atom. The van der Waals surface area contributed by atoms with Gasteiger partial charge < -0.3 is 9.64 Å². The minimum absolute atomic E-state index is 0.00770. The van der Waals surface area contributed by atoms with E-state index in [2.05, 4.69) is 6.07 Å². The van der Waals surface area contributed by atoms with Crippen LogP contribution < -0.4 is 4.90 Å². The molecular weight excluding hydrogens is 465 g/mol. The molecule has 5 atom stereocenters. The molecule has 3 nitrogen and oxygen atoms in total. The van der Waals surface area contributed by atoms with E-state index in [1.54, 1.807) is 0 Å². The number of anilines is 1. The topological polar surface area (TPSA) is 29.5 Å². The Labute approximate surface area is 206 Å². The molecule has 172 valence electrons. The highest BCUT2D eigenvalue weighted by atomic mass is 35.5. The van der Waals surface area contributed by atoms with Gasteiger partial charge in [0.2, 0.25) is 5.91 Å². The van der Waals surface area contributed by atoms with E-state index in [0.717, 1.165) is 53.9 Å². The lowest BCUT2D eigenvalue weighted by atomic mass is 9.87.